The van der Waals surface area contributed by atoms with Gasteiger partial charge in [-0.25, -0.2) is 4.79 Å². The molecular formula is C21H18N2O4. The van der Waals surface area contributed by atoms with E-state index in [1.165, 1.54) is 13.0 Å². The smallest absolute Gasteiger partial charge is 0.349 e. The minimum atomic E-state index is -0.895. The first-order chi connectivity index (χ1) is 12.9. The number of ether oxygens (including phenoxy) is 1. The minimum Gasteiger partial charge on any atom is -0.451 e. The molecule has 1 N–H and O–H groups in total. The average Bonchev–Trinajstić information content (AvgIpc) is 2.66. The fraction of sp³-hybridized carbons (Fsp3) is 0.143. The molecule has 1 amide bonds. The quantitative estimate of drug-likeness (QED) is 0.368. The summed E-state index contributed by atoms with van der Waals surface area (Å²) in [6, 6.07) is 15.5. The van der Waals surface area contributed by atoms with E-state index in [-0.39, 0.29) is 11.4 Å². The summed E-state index contributed by atoms with van der Waals surface area (Å²) >= 11 is 0. The summed E-state index contributed by atoms with van der Waals surface area (Å²) in [5.41, 5.74) is 2.20. The molecule has 0 bridgehead atoms. The third kappa shape index (κ3) is 5.65. The van der Waals surface area contributed by atoms with E-state index in [9.17, 15) is 14.4 Å². The maximum Gasteiger partial charge on any atom is 0.349 e. The number of aryl methyl sites for hydroxylation is 1. The van der Waals surface area contributed by atoms with Gasteiger partial charge < -0.3 is 10.1 Å². The number of nitrogens with one attached hydrogen (secondary N) is 1. The number of carbonyl (C=O) groups excluding carboxylic acids is 3. The van der Waals surface area contributed by atoms with Crippen LogP contribution in [0.5, 0.6) is 0 Å². The van der Waals surface area contributed by atoms with Gasteiger partial charge in [-0.3, -0.25) is 9.59 Å². The lowest BCUT2D eigenvalue weighted by molar-refractivity contribution is -0.142. The number of nitrogens with zero attached hydrogens (tertiary/aromatic N) is 1. The zero-order valence-corrected chi connectivity index (χ0v) is 15.0. The van der Waals surface area contributed by atoms with Gasteiger partial charge in [0.15, 0.2) is 12.4 Å². The van der Waals surface area contributed by atoms with Crippen molar-refractivity contribution in [1.82, 2.24) is 0 Å². The van der Waals surface area contributed by atoms with Gasteiger partial charge in [0.25, 0.3) is 5.91 Å². The lowest BCUT2D eigenvalue weighted by atomic mass is 10.1. The number of esters is 1. The summed E-state index contributed by atoms with van der Waals surface area (Å²) in [5.74, 6) is -1.70. The van der Waals surface area contributed by atoms with Gasteiger partial charge in [0, 0.05) is 5.56 Å². The number of hydrogen-bond donors (Lipinski definition) is 1. The second-order valence-electron chi connectivity index (χ2n) is 5.81. The van der Waals surface area contributed by atoms with Crippen LogP contribution in [0.2, 0.25) is 0 Å². The molecule has 0 radical (unpaired) electrons. The Morgan fingerprint density at radius 2 is 1.78 bits per heavy atom. The third-order valence-corrected chi connectivity index (χ3v) is 3.64. The van der Waals surface area contributed by atoms with Gasteiger partial charge in [0.05, 0.1) is 5.69 Å². The highest BCUT2D eigenvalue weighted by Crippen LogP contribution is 2.15. The van der Waals surface area contributed by atoms with E-state index in [0.29, 0.717) is 16.8 Å². The molecule has 2 rings (SSSR count). The van der Waals surface area contributed by atoms with Gasteiger partial charge in [-0.15, -0.1) is 0 Å². The molecule has 6 nitrogen and oxygen atoms in total. The SMILES string of the molecule is CC(=O)c1ccccc1NC(=O)COC(=O)/C(C#N)=C/c1ccc(C)cc1. The van der Waals surface area contributed by atoms with Gasteiger partial charge in [-0.05, 0) is 37.6 Å². The Labute approximate surface area is 157 Å². The largest absolute Gasteiger partial charge is 0.451 e. The summed E-state index contributed by atoms with van der Waals surface area (Å²) in [7, 11) is 0. The Bertz CT molecular complexity index is 937. The van der Waals surface area contributed by atoms with Crippen LogP contribution in [0.15, 0.2) is 54.1 Å². The Kier molecular flexibility index (Phi) is 6.61. The summed E-state index contributed by atoms with van der Waals surface area (Å²) in [6.07, 6.45) is 1.39. The molecule has 0 aromatic heterocycles. The molecular weight excluding hydrogens is 344 g/mol. The molecule has 136 valence electrons. The van der Waals surface area contributed by atoms with Gasteiger partial charge in [-0.2, -0.15) is 5.26 Å². The lowest BCUT2D eigenvalue weighted by Gasteiger charge is -2.09. The predicted octanol–water partition coefficient (Wildman–Crippen LogP) is 3.29. The van der Waals surface area contributed by atoms with Gasteiger partial charge in [-0.1, -0.05) is 42.0 Å². The number of Topliss-reactive ketones (excluding diaryl/α,β-unsaturated/α-hetero) is 1. The zero-order valence-electron chi connectivity index (χ0n) is 15.0. The molecule has 0 fully saturated rings. The molecule has 0 saturated carbocycles. The van der Waals surface area contributed by atoms with Crippen molar-refractivity contribution in [1.29, 1.82) is 5.26 Å². The van der Waals surface area contributed by atoms with Crippen LogP contribution in [0, 0.1) is 18.3 Å². The van der Waals surface area contributed by atoms with E-state index in [0.717, 1.165) is 5.56 Å². The Morgan fingerprint density at radius 3 is 2.41 bits per heavy atom. The predicted molar refractivity (Wildman–Crippen MR) is 101 cm³/mol. The molecule has 0 saturated heterocycles. The summed E-state index contributed by atoms with van der Waals surface area (Å²) in [5, 5.41) is 11.7. The van der Waals surface area contributed by atoms with Crippen LogP contribution >= 0.6 is 0 Å². The fourth-order valence-corrected chi connectivity index (χ4v) is 2.26. The molecule has 0 aliphatic heterocycles. The molecule has 0 aliphatic carbocycles. The number of carbonyl (C=O) groups is 3. The molecule has 2 aromatic carbocycles. The monoisotopic (exact) mass is 362 g/mol. The lowest BCUT2D eigenvalue weighted by Crippen LogP contribution is -2.22. The number of anilines is 1. The number of ketones is 1. The standard InChI is InChI=1S/C21H18N2O4/c1-14-7-9-16(10-8-14)11-17(12-22)21(26)27-13-20(25)23-19-6-4-3-5-18(19)15(2)24/h3-11H,13H2,1-2H3,(H,23,25)/b17-11+. The van der Waals surface area contributed by atoms with Crippen molar-refractivity contribution in [3.63, 3.8) is 0 Å². The molecule has 0 unspecified atom stereocenters. The molecule has 0 atom stereocenters. The maximum atomic E-state index is 12.0. The number of benzene rings is 2. The second-order valence-corrected chi connectivity index (χ2v) is 5.81. The minimum absolute atomic E-state index is 0.198. The molecule has 6 heteroatoms. The van der Waals surface area contributed by atoms with Crippen LogP contribution in [0.3, 0.4) is 0 Å². The highest BCUT2D eigenvalue weighted by molar-refractivity contribution is 6.04. The summed E-state index contributed by atoms with van der Waals surface area (Å²) in [4.78, 5) is 35.6. The van der Waals surface area contributed by atoms with Gasteiger partial charge in [0.2, 0.25) is 0 Å². The van der Waals surface area contributed by atoms with E-state index in [1.807, 2.05) is 19.1 Å². The topological polar surface area (TPSA) is 96.3 Å². The zero-order chi connectivity index (χ0) is 19.8. The van der Waals surface area contributed by atoms with Crippen LogP contribution < -0.4 is 5.32 Å². The van der Waals surface area contributed by atoms with Crippen molar-refractivity contribution in [3.8, 4) is 6.07 Å². The van der Waals surface area contributed by atoms with E-state index in [4.69, 9.17) is 10.00 Å². The van der Waals surface area contributed by atoms with E-state index in [1.54, 1.807) is 42.5 Å². The molecule has 0 aliphatic rings. The maximum absolute atomic E-state index is 12.0. The van der Waals surface area contributed by atoms with E-state index in [2.05, 4.69) is 5.32 Å². The number of amides is 1. The van der Waals surface area contributed by atoms with Gasteiger partial charge in [0.1, 0.15) is 11.6 Å². The number of rotatable bonds is 6. The molecule has 27 heavy (non-hydrogen) atoms. The van der Waals surface area contributed by atoms with Crippen LogP contribution in [0.4, 0.5) is 5.69 Å². The second kappa shape index (κ2) is 9.11. The highest BCUT2D eigenvalue weighted by Gasteiger charge is 2.15. The first-order valence-electron chi connectivity index (χ1n) is 8.16. The van der Waals surface area contributed by atoms with Crippen molar-refractivity contribution in [3.05, 3.63) is 70.8 Å². The molecule has 0 heterocycles. The van der Waals surface area contributed by atoms with Crippen molar-refractivity contribution in [2.75, 3.05) is 11.9 Å². The van der Waals surface area contributed by atoms with Crippen molar-refractivity contribution in [2.45, 2.75) is 13.8 Å². The average molecular weight is 362 g/mol. The number of nitriles is 1. The van der Waals surface area contributed by atoms with E-state index < -0.39 is 18.5 Å². The normalized spacial score (nSPS) is 10.6. The highest BCUT2D eigenvalue weighted by atomic mass is 16.5. The molecule has 2 aromatic rings. The Balaban J connectivity index is 2.00. The van der Waals surface area contributed by atoms with Crippen LogP contribution in [0.1, 0.15) is 28.4 Å². The first-order valence-corrected chi connectivity index (χ1v) is 8.16. The molecule has 0 spiro atoms. The fourth-order valence-electron chi connectivity index (χ4n) is 2.26. The van der Waals surface area contributed by atoms with Crippen molar-refractivity contribution in [2.24, 2.45) is 0 Å². The van der Waals surface area contributed by atoms with Crippen LogP contribution in [-0.4, -0.2) is 24.3 Å². The Morgan fingerprint density at radius 1 is 1.11 bits per heavy atom. The van der Waals surface area contributed by atoms with E-state index >= 15 is 0 Å². The summed E-state index contributed by atoms with van der Waals surface area (Å²) in [6.45, 7) is 2.74. The Hall–Kier alpha value is -3.72. The van der Waals surface area contributed by atoms with Crippen LogP contribution in [0.25, 0.3) is 6.08 Å². The van der Waals surface area contributed by atoms with Crippen molar-refractivity contribution < 1.29 is 19.1 Å². The van der Waals surface area contributed by atoms with Gasteiger partial charge >= 0.3 is 5.97 Å². The van der Waals surface area contributed by atoms with Crippen LogP contribution in [-0.2, 0) is 14.3 Å². The third-order valence-electron chi connectivity index (χ3n) is 3.64. The number of para-hydroxylation sites is 1. The number of hydrogen-bond acceptors (Lipinski definition) is 5. The summed E-state index contributed by atoms with van der Waals surface area (Å²) < 4.78 is 4.90. The van der Waals surface area contributed by atoms with Crippen molar-refractivity contribution >= 4 is 29.4 Å². The first kappa shape index (κ1) is 19.6.